The largest absolute Gasteiger partial charge is 0.493 e. The Morgan fingerprint density at radius 3 is 2.43 bits per heavy atom. The van der Waals surface area contributed by atoms with E-state index in [1.165, 1.54) is 13.3 Å². The molecule has 0 saturated carbocycles. The number of ether oxygens (including phenoxy) is 2. The number of carbonyl (C=O) groups excluding carboxylic acids is 1. The summed E-state index contributed by atoms with van der Waals surface area (Å²) in [6.45, 7) is 1.51. The molecule has 0 radical (unpaired) electrons. The fraction of sp³-hybridized carbons (Fsp3) is 0.133. The van der Waals surface area contributed by atoms with Crippen molar-refractivity contribution in [2.75, 3.05) is 18.0 Å². The molecule has 0 saturated heterocycles. The SMILES string of the molecule is COc1cc(/C=N\NC(=O)CN(c2ccc(C)cc2)S(=O)(=O)c2ccc(F)cc2)cc(Br)c1OCc1ccccc1Cl. The monoisotopic (exact) mass is 673 g/mol. The molecule has 4 aromatic carbocycles. The van der Waals surface area contributed by atoms with E-state index in [9.17, 15) is 17.6 Å². The summed E-state index contributed by atoms with van der Waals surface area (Å²) >= 11 is 9.70. The van der Waals surface area contributed by atoms with Crippen LogP contribution in [0.4, 0.5) is 10.1 Å². The molecule has 12 heteroatoms. The summed E-state index contributed by atoms with van der Waals surface area (Å²) in [5.74, 6) is -0.395. The zero-order valence-corrected chi connectivity index (χ0v) is 25.7. The molecule has 8 nitrogen and oxygen atoms in total. The molecule has 0 aliphatic heterocycles. The molecule has 0 fully saturated rings. The predicted molar refractivity (Wildman–Crippen MR) is 164 cm³/mol. The van der Waals surface area contributed by atoms with Gasteiger partial charge < -0.3 is 9.47 Å². The van der Waals surface area contributed by atoms with E-state index in [4.69, 9.17) is 21.1 Å². The van der Waals surface area contributed by atoms with Crippen LogP contribution in [0.3, 0.4) is 0 Å². The second-order valence-electron chi connectivity index (χ2n) is 9.01. The van der Waals surface area contributed by atoms with Crippen molar-refractivity contribution in [1.29, 1.82) is 0 Å². The lowest BCUT2D eigenvalue weighted by Crippen LogP contribution is -2.39. The minimum atomic E-state index is -4.19. The van der Waals surface area contributed by atoms with Gasteiger partial charge in [0, 0.05) is 10.6 Å². The first kappa shape index (κ1) is 31.0. The molecule has 42 heavy (non-hydrogen) atoms. The Balaban J connectivity index is 1.49. The van der Waals surface area contributed by atoms with Crippen LogP contribution in [0.25, 0.3) is 0 Å². The summed E-state index contributed by atoms with van der Waals surface area (Å²) < 4.78 is 53.2. The zero-order valence-electron chi connectivity index (χ0n) is 22.6. The molecule has 0 aliphatic rings. The highest BCUT2D eigenvalue weighted by molar-refractivity contribution is 9.10. The number of hydrogen-bond acceptors (Lipinski definition) is 6. The van der Waals surface area contributed by atoms with Gasteiger partial charge in [0.2, 0.25) is 0 Å². The number of hydrogen-bond donors (Lipinski definition) is 1. The topological polar surface area (TPSA) is 97.3 Å². The van der Waals surface area contributed by atoms with Crippen molar-refractivity contribution < 1.29 is 27.1 Å². The summed E-state index contributed by atoms with van der Waals surface area (Å²) in [7, 11) is -2.70. The van der Waals surface area contributed by atoms with Crippen LogP contribution < -0.4 is 19.2 Å². The zero-order chi connectivity index (χ0) is 30.3. The third-order valence-corrected chi connectivity index (χ3v) is 8.74. The summed E-state index contributed by atoms with van der Waals surface area (Å²) in [6.07, 6.45) is 1.38. The van der Waals surface area contributed by atoms with Crippen molar-refractivity contribution >= 4 is 55.4 Å². The predicted octanol–water partition coefficient (Wildman–Crippen LogP) is 6.48. The van der Waals surface area contributed by atoms with Crippen molar-refractivity contribution in [3.05, 3.63) is 117 Å². The van der Waals surface area contributed by atoms with Crippen molar-refractivity contribution in [3.8, 4) is 11.5 Å². The minimum Gasteiger partial charge on any atom is -0.493 e. The number of rotatable bonds is 11. The lowest BCUT2D eigenvalue weighted by molar-refractivity contribution is -0.119. The van der Waals surface area contributed by atoms with Crippen molar-refractivity contribution in [2.24, 2.45) is 5.10 Å². The molecule has 0 bridgehead atoms. The van der Waals surface area contributed by atoms with Gasteiger partial charge in [0.1, 0.15) is 19.0 Å². The molecular weight excluding hydrogens is 649 g/mol. The van der Waals surface area contributed by atoms with Crippen LogP contribution in [-0.2, 0) is 21.4 Å². The van der Waals surface area contributed by atoms with E-state index in [-0.39, 0.29) is 17.2 Å². The number of aryl methyl sites for hydroxylation is 1. The fourth-order valence-electron chi connectivity index (χ4n) is 3.82. The highest BCUT2D eigenvalue weighted by Crippen LogP contribution is 2.37. The first-order valence-corrected chi connectivity index (χ1v) is 15.1. The average Bonchev–Trinajstić information content (AvgIpc) is 2.96. The van der Waals surface area contributed by atoms with Crippen molar-refractivity contribution in [3.63, 3.8) is 0 Å². The van der Waals surface area contributed by atoms with Gasteiger partial charge >= 0.3 is 0 Å². The first-order valence-electron chi connectivity index (χ1n) is 12.5. The van der Waals surface area contributed by atoms with Crippen molar-refractivity contribution in [1.82, 2.24) is 5.43 Å². The van der Waals surface area contributed by atoms with Gasteiger partial charge in [0.25, 0.3) is 15.9 Å². The van der Waals surface area contributed by atoms with E-state index in [1.54, 1.807) is 42.5 Å². The molecule has 218 valence electrons. The van der Waals surface area contributed by atoms with E-state index in [0.29, 0.717) is 26.6 Å². The fourth-order valence-corrected chi connectivity index (χ4v) is 6.01. The van der Waals surface area contributed by atoms with Crippen LogP contribution in [0.5, 0.6) is 11.5 Å². The number of benzene rings is 4. The van der Waals surface area contributed by atoms with E-state index >= 15 is 0 Å². The van der Waals surface area contributed by atoms with Gasteiger partial charge in [-0.2, -0.15) is 5.10 Å². The minimum absolute atomic E-state index is 0.158. The van der Waals surface area contributed by atoms with Crippen LogP contribution in [0.1, 0.15) is 16.7 Å². The number of halogens is 3. The Hall–Kier alpha value is -3.93. The van der Waals surface area contributed by atoms with Gasteiger partial charge in [-0.25, -0.2) is 18.2 Å². The molecule has 1 amide bonds. The van der Waals surface area contributed by atoms with Gasteiger partial charge in [0.15, 0.2) is 11.5 Å². The molecule has 1 N–H and O–H groups in total. The van der Waals surface area contributed by atoms with Crippen LogP contribution in [-0.4, -0.2) is 34.2 Å². The van der Waals surface area contributed by atoms with Crippen LogP contribution in [0.2, 0.25) is 5.02 Å². The molecular formula is C30H26BrClFN3O5S. The Kier molecular flexibility index (Phi) is 10.2. The number of nitrogens with zero attached hydrogens (tertiary/aromatic N) is 2. The molecule has 0 atom stereocenters. The number of nitrogens with one attached hydrogen (secondary N) is 1. The highest BCUT2D eigenvalue weighted by atomic mass is 79.9. The van der Waals surface area contributed by atoms with E-state index in [0.717, 1.165) is 39.7 Å². The van der Waals surface area contributed by atoms with Gasteiger partial charge in [-0.05, 0) is 83.0 Å². The maximum absolute atomic E-state index is 13.4. The van der Waals surface area contributed by atoms with Gasteiger partial charge in [0.05, 0.1) is 28.4 Å². The van der Waals surface area contributed by atoms with Crippen LogP contribution in [0, 0.1) is 12.7 Å². The molecule has 0 aromatic heterocycles. The second kappa shape index (κ2) is 13.8. The van der Waals surface area contributed by atoms with Crippen molar-refractivity contribution in [2.45, 2.75) is 18.4 Å². The molecule has 4 aromatic rings. The van der Waals surface area contributed by atoms with Crippen LogP contribution in [0.15, 0.2) is 99.4 Å². The first-order chi connectivity index (χ1) is 20.1. The number of hydrazone groups is 1. The average molecular weight is 675 g/mol. The molecule has 0 spiro atoms. The molecule has 0 aliphatic carbocycles. The maximum Gasteiger partial charge on any atom is 0.264 e. The lowest BCUT2D eigenvalue weighted by Gasteiger charge is -2.23. The number of amides is 1. The second-order valence-corrected chi connectivity index (χ2v) is 12.1. The smallest absolute Gasteiger partial charge is 0.264 e. The molecule has 0 unspecified atom stereocenters. The van der Waals surface area contributed by atoms with Gasteiger partial charge in [-0.3, -0.25) is 9.10 Å². The molecule has 4 rings (SSSR count). The Morgan fingerprint density at radius 2 is 1.76 bits per heavy atom. The third-order valence-electron chi connectivity index (χ3n) is 6.00. The number of sulfonamides is 1. The number of methoxy groups -OCH3 is 1. The lowest BCUT2D eigenvalue weighted by atomic mass is 10.2. The Morgan fingerprint density at radius 1 is 1.07 bits per heavy atom. The number of anilines is 1. The van der Waals surface area contributed by atoms with E-state index in [2.05, 4.69) is 26.5 Å². The normalized spacial score (nSPS) is 11.4. The van der Waals surface area contributed by atoms with Crippen LogP contribution >= 0.6 is 27.5 Å². The maximum atomic E-state index is 13.4. The third kappa shape index (κ3) is 7.67. The quantitative estimate of drug-likeness (QED) is 0.145. The Labute approximate surface area is 256 Å². The van der Waals surface area contributed by atoms with Gasteiger partial charge in [-0.1, -0.05) is 47.5 Å². The Bertz CT molecular complexity index is 1700. The standard InChI is InChI=1S/C30H26BrClFN3O5S/c1-20-7-11-24(12-8-20)36(42(38,39)25-13-9-23(33)10-14-25)18-29(37)35-34-17-21-15-26(31)30(28(16-21)40-2)41-19-22-5-3-4-6-27(22)32/h3-17H,18-19H2,1-2H3,(H,35,37)/b34-17-. The summed E-state index contributed by atoms with van der Waals surface area (Å²) in [5, 5.41) is 4.57. The summed E-state index contributed by atoms with van der Waals surface area (Å²) in [4.78, 5) is 12.7. The van der Waals surface area contributed by atoms with E-state index < -0.39 is 28.3 Å². The number of carbonyl (C=O) groups is 1. The summed E-state index contributed by atoms with van der Waals surface area (Å²) in [6, 6.07) is 21.7. The highest BCUT2D eigenvalue weighted by Gasteiger charge is 2.27. The van der Waals surface area contributed by atoms with Gasteiger partial charge in [-0.15, -0.1) is 0 Å². The summed E-state index contributed by atoms with van der Waals surface area (Å²) in [5.41, 5.74) is 4.92. The molecule has 0 heterocycles. The van der Waals surface area contributed by atoms with E-state index in [1.807, 2.05) is 25.1 Å².